The van der Waals surface area contributed by atoms with Crippen molar-refractivity contribution in [3.63, 3.8) is 0 Å². The summed E-state index contributed by atoms with van der Waals surface area (Å²) in [5, 5.41) is 5.46. The van der Waals surface area contributed by atoms with Crippen molar-refractivity contribution >= 4 is 29.3 Å². The molecule has 3 aliphatic heterocycles. The minimum atomic E-state index is -0.953. The Labute approximate surface area is 184 Å². The van der Waals surface area contributed by atoms with Crippen molar-refractivity contribution in [2.45, 2.75) is 57.5 Å². The average Bonchev–Trinajstić information content (AvgIpc) is 3.20. The molecule has 3 aliphatic rings. The average molecular weight is 439 g/mol. The van der Waals surface area contributed by atoms with Crippen LogP contribution in [0, 0.1) is 0 Å². The third-order valence-electron chi connectivity index (χ3n) is 6.33. The molecule has 10 nitrogen and oxygen atoms in total. The number of aromatic amines is 1. The molecule has 2 aromatic rings. The van der Waals surface area contributed by atoms with Crippen LogP contribution >= 0.6 is 0 Å². The first-order valence-corrected chi connectivity index (χ1v) is 10.8. The fraction of sp³-hybridized carbons (Fsp3) is 0.455. The molecule has 0 radical (unpaired) electrons. The van der Waals surface area contributed by atoms with Crippen molar-refractivity contribution in [3.05, 3.63) is 34.1 Å². The Morgan fingerprint density at radius 2 is 1.91 bits per heavy atom. The van der Waals surface area contributed by atoms with Crippen molar-refractivity contribution in [1.29, 1.82) is 0 Å². The highest BCUT2D eigenvalue weighted by molar-refractivity contribution is 6.04. The Kier molecular flexibility index (Phi) is 4.99. The zero-order chi connectivity index (χ0) is 22.4. The van der Waals surface area contributed by atoms with Crippen molar-refractivity contribution in [1.82, 2.24) is 9.97 Å². The van der Waals surface area contributed by atoms with Crippen LogP contribution in [0.25, 0.3) is 0 Å². The fourth-order valence-corrected chi connectivity index (χ4v) is 4.75. The first kappa shape index (κ1) is 20.3. The summed E-state index contributed by atoms with van der Waals surface area (Å²) >= 11 is 0. The molecule has 1 saturated heterocycles. The molecule has 0 spiro atoms. The molecule has 0 bridgehead atoms. The number of nitrogens with zero attached hydrogens (tertiary/aromatic N) is 2. The van der Waals surface area contributed by atoms with Gasteiger partial charge in [0.1, 0.15) is 5.82 Å². The summed E-state index contributed by atoms with van der Waals surface area (Å²) in [6.45, 7) is 4.31. The molecule has 168 valence electrons. The van der Waals surface area contributed by atoms with Gasteiger partial charge in [-0.3, -0.25) is 19.4 Å². The number of carbonyl (C=O) groups excluding carboxylic acids is 2. The molecule has 0 saturated carbocycles. The van der Waals surface area contributed by atoms with Gasteiger partial charge in [0.15, 0.2) is 11.5 Å². The molecule has 0 aliphatic carbocycles. The first-order valence-electron chi connectivity index (χ1n) is 10.8. The van der Waals surface area contributed by atoms with Crippen molar-refractivity contribution < 1.29 is 19.1 Å². The Morgan fingerprint density at radius 3 is 2.69 bits per heavy atom. The van der Waals surface area contributed by atoms with Crippen LogP contribution in [0.15, 0.2) is 23.0 Å². The van der Waals surface area contributed by atoms with E-state index in [4.69, 9.17) is 9.47 Å². The largest absolute Gasteiger partial charge is 0.454 e. The smallest absolute Gasteiger partial charge is 0.258 e. The molecule has 3 N–H and O–H groups in total. The number of fused-ring (bicyclic) bond motifs is 2. The van der Waals surface area contributed by atoms with Gasteiger partial charge < -0.3 is 25.0 Å². The maximum absolute atomic E-state index is 13.1. The molecule has 1 fully saturated rings. The second-order valence-electron chi connectivity index (χ2n) is 8.55. The standard InChI is InChI=1S/C22H25N5O5/c1-11-4-3-5-12(2)27(11)22-25-19-18(21(30)26-22)14(9-17(28)24-19)20(29)23-13-6-7-15-16(8-13)32-10-31-15/h6-8,11-12,14H,3-5,9-10H2,1-2H3,(H,23,29)(H2,24,25,26,28,30). The Balaban J connectivity index is 1.45. The molecule has 3 atom stereocenters. The third kappa shape index (κ3) is 3.55. The molecule has 10 heteroatoms. The van der Waals surface area contributed by atoms with Gasteiger partial charge in [-0.15, -0.1) is 0 Å². The van der Waals surface area contributed by atoms with E-state index in [-0.39, 0.29) is 42.6 Å². The van der Waals surface area contributed by atoms with Gasteiger partial charge in [-0.2, -0.15) is 4.98 Å². The third-order valence-corrected chi connectivity index (χ3v) is 6.33. The molecule has 1 aromatic carbocycles. The van der Waals surface area contributed by atoms with Crippen LogP contribution in [-0.2, 0) is 9.59 Å². The predicted molar refractivity (Wildman–Crippen MR) is 117 cm³/mol. The molecule has 3 unspecified atom stereocenters. The summed E-state index contributed by atoms with van der Waals surface area (Å²) in [6, 6.07) is 5.45. The second kappa shape index (κ2) is 7.85. The van der Waals surface area contributed by atoms with E-state index in [2.05, 4.69) is 39.3 Å². The summed E-state index contributed by atoms with van der Waals surface area (Å²) in [7, 11) is 0. The summed E-state index contributed by atoms with van der Waals surface area (Å²) in [4.78, 5) is 48.0. The number of aromatic nitrogens is 2. The number of carbonyl (C=O) groups is 2. The van der Waals surface area contributed by atoms with Crippen molar-refractivity contribution in [2.75, 3.05) is 22.3 Å². The van der Waals surface area contributed by atoms with Crippen LogP contribution in [0.5, 0.6) is 11.5 Å². The first-order chi connectivity index (χ1) is 15.4. The molecular formula is C22H25N5O5. The number of ether oxygens (including phenoxy) is 2. The van der Waals surface area contributed by atoms with Crippen molar-refractivity contribution in [3.8, 4) is 11.5 Å². The highest BCUT2D eigenvalue weighted by Gasteiger charge is 2.36. The molecule has 5 rings (SSSR count). The normalized spacial score (nSPS) is 24.0. The van der Waals surface area contributed by atoms with E-state index in [0.29, 0.717) is 23.1 Å². The summed E-state index contributed by atoms with van der Waals surface area (Å²) in [5.41, 5.74) is 0.244. The van der Waals surface area contributed by atoms with E-state index in [1.807, 2.05) is 0 Å². The number of benzene rings is 1. The number of anilines is 3. The van der Waals surface area contributed by atoms with E-state index < -0.39 is 17.4 Å². The van der Waals surface area contributed by atoms with E-state index in [0.717, 1.165) is 19.3 Å². The van der Waals surface area contributed by atoms with Gasteiger partial charge in [0.25, 0.3) is 5.56 Å². The quantitative estimate of drug-likeness (QED) is 0.670. The molecule has 2 amide bonds. The lowest BCUT2D eigenvalue weighted by Gasteiger charge is -2.39. The maximum atomic E-state index is 13.1. The number of piperidine rings is 1. The van der Waals surface area contributed by atoms with E-state index in [9.17, 15) is 14.4 Å². The monoisotopic (exact) mass is 439 g/mol. The molecular weight excluding hydrogens is 414 g/mol. The lowest BCUT2D eigenvalue weighted by molar-refractivity contribution is -0.123. The van der Waals surface area contributed by atoms with E-state index in [1.54, 1.807) is 18.2 Å². The lowest BCUT2D eigenvalue weighted by atomic mass is 9.92. The van der Waals surface area contributed by atoms with Gasteiger partial charge in [-0.05, 0) is 45.2 Å². The topological polar surface area (TPSA) is 126 Å². The lowest BCUT2D eigenvalue weighted by Crippen LogP contribution is -2.46. The number of amides is 2. The number of hydrogen-bond donors (Lipinski definition) is 3. The van der Waals surface area contributed by atoms with E-state index >= 15 is 0 Å². The minimum Gasteiger partial charge on any atom is -0.454 e. The summed E-state index contributed by atoms with van der Waals surface area (Å²) in [5.74, 6) is -0.0721. The van der Waals surface area contributed by atoms with Gasteiger partial charge in [0, 0.05) is 30.3 Å². The summed E-state index contributed by atoms with van der Waals surface area (Å²) in [6.07, 6.45) is 2.98. The maximum Gasteiger partial charge on any atom is 0.258 e. The van der Waals surface area contributed by atoms with Crippen LogP contribution in [0.1, 0.15) is 51.0 Å². The van der Waals surface area contributed by atoms with Crippen LogP contribution < -0.4 is 30.6 Å². The number of hydrogen-bond acceptors (Lipinski definition) is 7. The Morgan fingerprint density at radius 1 is 1.16 bits per heavy atom. The van der Waals surface area contributed by atoms with Gasteiger partial charge in [0.05, 0.1) is 11.5 Å². The molecule has 1 aromatic heterocycles. The summed E-state index contributed by atoms with van der Waals surface area (Å²) < 4.78 is 10.6. The van der Waals surface area contributed by atoms with Crippen LogP contribution in [-0.4, -0.2) is 40.7 Å². The van der Waals surface area contributed by atoms with Crippen LogP contribution in [0.4, 0.5) is 17.5 Å². The number of nitrogens with one attached hydrogen (secondary N) is 3. The van der Waals surface area contributed by atoms with E-state index in [1.165, 1.54) is 0 Å². The van der Waals surface area contributed by atoms with Gasteiger partial charge in [-0.1, -0.05) is 0 Å². The van der Waals surface area contributed by atoms with Gasteiger partial charge in [0.2, 0.25) is 24.6 Å². The fourth-order valence-electron chi connectivity index (χ4n) is 4.75. The zero-order valence-corrected chi connectivity index (χ0v) is 17.9. The highest BCUT2D eigenvalue weighted by atomic mass is 16.7. The second-order valence-corrected chi connectivity index (χ2v) is 8.55. The highest BCUT2D eigenvalue weighted by Crippen LogP contribution is 2.36. The molecule has 32 heavy (non-hydrogen) atoms. The van der Waals surface area contributed by atoms with Crippen LogP contribution in [0.3, 0.4) is 0 Å². The number of rotatable bonds is 3. The predicted octanol–water partition coefficient (Wildman–Crippen LogP) is 2.33. The van der Waals surface area contributed by atoms with Gasteiger partial charge in [-0.25, -0.2) is 0 Å². The Bertz CT molecular complexity index is 1140. The zero-order valence-electron chi connectivity index (χ0n) is 17.9. The Hall–Kier alpha value is -3.56. The number of H-pyrrole nitrogens is 1. The SMILES string of the molecule is CC1CCCC(C)N1c1nc2c(c(=O)[nH]1)C(C(=O)Nc1ccc3c(c1)OCO3)CC(=O)N2. The van der Waals surface area contributed by atoms with Gasteiger partial charge >= 0.3 is 0 Å². The van der Waals surface area contributed by atoms with Crippen LogP contribution in [0.2, 0.25) is 0 Å². The minimum absolute atomic E-state index is 0.126. The molecule has 4 heterocycles. The van der Waals surface area contributed by atoms with Crippen molar-refractivity contribution in [2.24, 2.45) is 0 Å².